The Bertz CT molecular complexity index is 2040. The molecule has 1 heterocycles. The van der Waals surface area contributed by atoms with Crippen LogP contribution in [0.5, 0.6) is 0 Å². The van der Waals surface area contributed by atoms with Crippen molar-refractivity contribution in [2.45, 2.75) is 173 Å². The number of nitrogens with two attached hydrogens (primary N) is 3. The maximum atomic E-state index is 14.4. The van der Waals surface area contributed by atoms with Crippen LogP contribution in [0.2, 0.25) is 0 Å². The Morgan fingerprint density at radius 2 is 1.25 bits per heavy atom. The van der Waals surface area contributed by atoms with Gasteiger partial charge in [-0.15, -0.1) is 0 Å². The van der Waals surface area contributed by atoms with E-state index in [1.807, 2.05) is 0 Å². The number of hydrogen-bond acceptors (Lipinski definition) is 14. The lowest BCUT2D eigenvalue weighted by Gasteiger charge is -2.33. The van der Waals surface area contributed by atoms with Crippen LogP contribution in [0.15, 0.2) is 30.3 Å². The quantitative estimate of drug-likeness (QED) is 0.0329. The standard InChI is InChI=1S/C49H82N12O12/c1-9-28(4)39(46(71)55-33(20-21-37(52)65)42(67)57-38(27(2)3)48(73)61-23-15-19-36(61)45(70)60-49(7,8)26-51)58-43(68)34(24-31-16-11-10-12-17-31)56-47(72)40(29(5)63)59-41(66)32(18-13-14-22-50)54-44(69)35(25-62)53-30(6)64/h10-12,16-17,27-29,32-36,38-40,62-63H,9,13-15,18-26,50-51H2,1-8H3,(H2,52,65)(H,53,64)(H,54,69)(H,55,71)(H,56,72)(H,57,67)(H,58,68)(H,59,66)(H,60,70)/t28-,29+,32-,33-,34-,35-,36+,38-,39-,40-/m0/s1. The van der Waals surface area contributed by atoms with Crippen molar-refractivity contribution in [1.29, 1.82) is 0 Å². The number of aliphatic hydroxyl groups is 2. The molecule has 0 bridgehead atoms. The predicted molar refractivity (Wildman–Crippen MR) is 270 cm³/mol. The van der Waals surface area contributed by atoms with E-state index in [0.29, 0.717) is 37.7 Å². The van der Waals surface area contributed by atoms with Crippen LogP contribution >= 0.6 is 0 Å². The van der Waals surface area contributed by atoms with Crippen molar-refractivity contribution in [3.63, 3.8) is 0 Å². The zero-order valence-corrected chi connectivity index (χ0v) is 43.6. The van der Waals surface area contributed by atoms with E-state index in [1.165, 1.54) is 11.8 Å². The van der Waals surface area contributed by atoms with Crippen molar-refractivity contribution >= 4 is 59.1 Å². The fourth-order valence-electron chi connectivity index (χ4n) is 7.94. The van der Waals surface area contributed by atoms with Crippen LogP contribution < -0.4 is 59.7 Å². The minimum Gasteiger partial charge on any atom is -0.394 e. The van der Waals surface area contributed by atoms with Crippen molar-refractivity contribution in [2.75, 3.05) is 26.2 Å². The number of hydrogen-bond donors (Lipinski definition) is 13. The number of nitrogens with one attached hydrogen (secondary N) is 8. The molecule has 0 aromatic heterocycles. The smallest absolute Gasteiger partial charge is 0.246 e. The maximum Gasteiger partial charge on any atom is 0.246 e. The molecule has 0 aliphatic carbocycles. The fraction of sp³-hybridized carbons (Fsp3) is 0.673. The summed E-state index contributed by atoms with van der Waals surface area (Å²) < 4.78 is 0. The van der Waals surface area contributed by atoms with Gasteiger partial charge in [-0.3, -0.25) is 47.9 Å². The highest BCUT2D eigenvalue weighted by molar-refractivity contribution is 5.98. The molecule has 410 valence electrons. The molecular weight excluding hydrogens is 949 g/mol. The number of amides is 10. The highest BCUT2D eigenvalue weighted by atomic mass is 16.3. The zero-order chi connectivity index (χ0) is 55.2. The third kappa shape index (κ3) is 20.7. The maximum absolute atomic E-state index is 14.4. The second-order valence-corrected chi connectivity index (χ2v) is 19.7. The lowest BCUT2D eigenvalue weighted by Crippen LogP contribution is -2.63. The summed E-state index contributed by atoms with van der Waals surface area (Å²) in [5, 5.41) is 41.3. The molecule has 16 N–H and O–H groups in total. The van der Waals surface area contributed by atoms with E-state index in [4.69, 9.17) is 17.2 Å². The molecule has 2 rings (SSSR count). The van der Waals surface area contributed by atoms with Gasteiger partial charge in [0.15, 0.2) is 0 Å². The number of aliphatic hydroxyl groups excluding tert-OH is 2. The number of primary amides is 1. The summed E-state index contributed by atoms with van der Waals surface area (Å²) in [7, 11) is 0. The minimum absolute atomic E-state index is 0.0223. The van der Waals surface area contributed by atoms with Gasteiger partial charge in [-0.25, -0.2) is 0 Å². The van der Waals surface area contributed by atoms with Crippen LogP contribution in [-0.4, -0.2) is 160 Å². The molecule has 24 heteroatoms. The van der Waals surface area contributed by atoms with Crippen LogP contribution in [0.3, 0.4) is 0 Å². The Kier molecular flexibility index (Phi) is 26.5. The monoisotopic (exact) mass is 1030 g/mol. The summed E-state index contributed by atoms with van der Waals surface area (Å²) in [5.74, 6) is -8.75. The zero-order valence-electron chi connectivity index (χ0n) is 43.6. The topological polar surface area (TPSA) is 389 Å². The molecule has 0 unspecified atom stereocenters. The molecule has 10 amide bonds. The number of rotatable bonds is 31. The highest BCUT2D eigenvalue weighted by Crippen LogP contribution is 2.22. The van der Waals surface area contributed by atoms with Crippen molar-refractivity contribution < 1.29 is 58.2 Å². The van der Waals surface area contributed by atoms with Crippen molar-refractivity contribution in [2.24, 2.45) is 29.0 Å². The van der Waals surface area contributed by atoms with Gasteiger partial charge in [-0.1, -0.05) is 64.4 Å². The molecule has 0 saturated carbocycles. The molecule has 0 radical (unpaired) electrons. The number of likely N-dealkylation sites (tertiary alicyclic amines) is 1. The molecule has 1 aromatic carbocycles. The average Bonchev–Trinajstić information content (AvgIpc) is 3.84. The molecule has 1 aliphatic heterocycles. The second-order valence-electron chi connectivity index (χ2n) is 19.7. The molecule has 24 nitrogen and oxygen atoms in total. The summed E-state index contributed by atoms with van der Waals surface area (Å²) in [6.45, 7) is 12.6. The van der Waals surface area contributed by atoms with Gasteiger partial charge in [-0.2, -0.15) is 0 Å². The van der Waals surface area contributed by atoms with Gasteiger partial charge in [0.25, 0.3) is 0 Å². The third-order valence-corrected chi connectivity index (χ3v) is 12.6. The van der Waals surface area contributed by atoms with Gasteiger partial charge < -0.3 is 74.8 Å². The van der Waals surface area contributed by atoms with E-state index >= 15 is 0 Å². The van der Waals surface area contributed by atoms with Crippen molar-refractivity contribution in [1.82, 2.24) is 47.4 Å². The van der Waals surface area contributed by atoms with Gasteiger partial charge >= 0.3 is 0 Å². The highest BCUT2D eigenvalue weighted by Gasteiger charge is 2.41. The first kappa shape index (κ1) is 62.9. The second kappa shape index (κ2) is 30.7. The minimum atomic E-state index is -1.70. The molecular formula is C49H82N12O12. The summed E-state index contributed by atoms with van der Waals surface area (Å²) in [6.07, 6.45) is -0.271. The molecule has 1 fully saturated rings. The van der Waals surface area contributed by atoms with Gasteiger partial charge in [0.1, 0.15) is 48.3 Å². The van der Waals surface area contributed by atoms with Gasteiger partial charge in [-0.05, 0) is 83.2 Å². The molecule has 1 saturated heterocycles. The first-order valence-electron chi connectivity index (χ1n) is 25.0. The number of benzene rings is 1. The molecule has 10 atom stereocenters. The Balaban J connectivity index is 2.45. The molecule has 1 aromatic rings. The summed E-state index contributed by atoms with van der Waals surface area (Å²) >= 11 is 0. The summed E-state index contributed by atoms with van der Waals surface area (Å²) in [4.78, 5) is 136. The van der Waals surface area contributed by atoms with Crippen molar-refractivity contribution in [3.8, 4) is 0 Å². The first-order chi connectivity index (χ1) is 34.3. The number of nitrogens with zero attached hydrogens (tertiary/aromatic N) is 1. The van der Waals surface area contributed by atoms with E-state index in [2.05, 4.69) is 42.5 Å². The Labute approximate surface area is 428 Å². The van der Waals surface area contributed by atoms with Gasteiger partial charge in [0.2, 0.25) is 59.1 Å². The van der Waals surface area contributed by atoms with E-state index in [9.17, 15) is 58.2 Å². The lowest BCUT2D eigenvalue weighted by molar-refractivity contribution is -0.143. The van der Waals surface area contributed by atoms with E-state index < -0.39 is 132 Å². The summed E-state index contributed by atoms with van der Waals surface area (Å²) in [5.41, 5.74) is 16.8. The summed E-state index contributed by atoms with van der Waals surface area (Å²) in [6, 6.07) is -2.12. The normalized spacial score (nSPS) is 17.2. The Hall–Kier alpha value is -6.24. The van der Waals surface area contributed by atoms with Crippen LogP contribution in [0.1, 0.15) is 112 Å². The third-order valence-electron chi connectivity index (χ3n) is 12.6. The molecule has 0 spiro atoms. The molecule has 1 aliphatic rings. The van der Waals surface area contributed by atoms with Gasteiger partial charge in [0, 0.05) is 38.4 Å². The van der Waals surface area contributed by atoms with Crippen LogP contribution in [0, 0.1) is 11.8 Å². The molecule has 73 heavy (non-hydrogen) atoms. The number of carbonyl (C=O) groups excluding carboxylic acids is 10. The largest absolute Gasteiger partial charge is 0.394 e. The van der Waals surface area contributed by atoms with E-state index in [1.54, 1.807) is 71.9 Å². The van der Waals surface area contributed by atoms with Crippen molar-refractivity contribution in [3.05, 3.63) is 35.9 Å². The lowest BCUT2D eigenvalue weighted by atomic mass is 9.96. The van der Waals surface area contributed by atoms with Crippen LogP contribution in [0.4, 0.5) is 0 Å². The van der Waals surface area contributed by atoms with E-state index in [-0.39, 0.29) is 51.2 Å². The van der Waals surface area contributed by atoms with E-state index in [0.717, 1.165) is 6.92 Å². The first-order valence-corrected chi connectivity index (χ1v) is 25.0. The Morgan fingerprint density at radius 1 is 0.712 bits per heavy atom. The SMILES string of the molecule is CC[C@H](C)[C@H](NC(=O)[C@H](Cc1ccccc1)NC(=O)[C@@H](NC(=O)[C@H](CCCCN)NC(=O)[C@H](CO)NC(C)=O)[C@@H](C)O)C(=O)N[C@@H](CCC(N)=O)C(=O)N[C@H](C(=O)N1CCC[C@@H]1C(=O)NC(C)(C)CN)C(C)C. The predicted octanol–water partition coefficient (Wildman–Crippen LogP) is -3.04. The van der Waals surface area contributed by atoms with Crippen LogP contribution in [-0.2, 0) is 54.4 Å². The van der Waals surface area contributed by atoms with Gasteiger partial charge in [0.05, 0.1) is 12.7 Å². The Morgan fingerprint density at radius 3 is 1.78 bits per heavy atom. The fourth-order valence-corrected chi connectivity index (χ4v) is 7.94. The number of unbranched alkanes of at least 4 members (excludes halogenated alkanes) is 1. The number of carbonyl (C=O) groups is 10. The van der Waals surface area contributed by atoms with Crippen LogP contribution in [0.25, 0.3) is 0 Å². The average molecular weight is 1030 g/mol.